The van der Waals surface area contributed by atoms with Crippen molar-refractivity contribution in [2.24, 2.45) is 0 Å². The van der Waals surface area contributed by atoms with E-state index in [1.807, 2.05) is 0 Å². The van der Waals surface area contributed by atoms with Crippen molar-refractivity contribution in [2.45, 2.75) is 4.90 Å². The van der Waals surface area contributed by atoms with Gasteiger partial charge in [-0.3, -0.25) is 4.79 Å². The summed E-state index contributed by atoms with van der Waals surface area (Å²) in [7, 11) is 2.65. The molecule has 7 nitrogen and oxygen atoms in total. The lowest BCUT2D eigenvalue weighted by Crippen LogP contribution is -2.13. The number of benzene rings is 1. The number of anilines is 1. The van der Waals surface area contributed by atoms with Gasteiger partial charge < -0.3 is 10.1 Å². The summed E-state index contributed by atoms with van der Waals surface area (Å²) in [6.45, 7) is 0. The van der Waals surface area contributed by atoms with Crippen LogP contribution >= 0.6 is 10.7 Å². The number of carbonyl (C=O) groups excluding carboxylic acids is 1. The molecular formula is C12H10ClN3O4S. The van der Waals surface area contributed by atoms with E-state index in [0.717, 1.165) is 0 Å². The summed E-state index contributed by atoms with van der Waals surface area (Å²) in [5.74, 6) is -0.385. The van der Waals surface area contributed by atoms with Crippen LogP contribution in [0.4, 0.5) is 5.69 Å². The van der Waals surface area contributed by atoms with Gasteiger partial charge in [0.2, 0.25) is 0 Å². The molecular weight excluding hydrogens is 318 g/mol. The molecule has 1 heterocycles. The molecule has 110 valence electrons. The highest BCUT2D eigenvalue weighted by Gasteiger charge is 2.18. The van der Waals surface area contributed by atoms with E-state index in [9.17, 15) is 13.2 Å². The van der Waals surface area contributed by atoms with Crippen molar-refractivity contribution in [3.8, 4) is 5.75 Å². The van der Waals surface area contributed by atoms with Crippen LogP contribution in [-0.4, -0.2) is 31.4 Å². The van der Waals surface area contributed by atoms with Gasteiger partial charge in [0.15, 0.2) is 0 Å². The summed E-state index contributed by atoms with van der Waals surface area (Å²) < 4.78 is 27.9. The molecule has 9 heteroatoms. The first-order valence-electron chi connectivity index (χ1n) is 5.61. The molecule has 0 atom stereocenters. The molecule has 0 bridgehead atoms. The molecule has 21 heavy (non-hydrogen) atoms. The maximum Gasteiger partial charge on any atom is 0.265 e. The van der Waals surface area contributed by atoms with Crippen molar-refractivity contribution >= 4 is 31.3 Å². The number of aromatic nitrogens is 2. The molecule has 2 rings (SSSR count). The number of halogens is 1. The van der Waals surface area contributed by atoms with E-state index in [1.165, 1.54) is 44.0 Å². The summed E-state index contributed by atoms with van der Waals surface area (Å²) >= 11 is 0. The van der Waals surface area contributed by atoms with E-state index in [2.05, 4.69) is 15.3 Å². The molecule has 0 aliphatic heterocycles. The Kier molecular flexibility index (Phi) is 4.39. The third-order valence-corrected chi connectivity index (χ3v) is 3.85. The number of nitrogens with zero attached hydrogens (tertiary/aromatic N) is 2. The summed E-state index contributed by atoms with van der Waals surface area (Å²) in [5.41, 5.74) is 0.493. The average Bonchev–Trinajstić information content (AvgIpc) is 2.47. The number of carbonyl (C=O) groups is 1. The largest absolute Gasteiger partial charge is 0.495 e. The number of nitrogens with one attached hydrogen (secondary N) is 1. The summed E-state index contributed by atoms with van der Waals surface area (Å²) in [5, 5.41) is 2.52. The smallest absolute Gasteiger partial charge is 0.265 e. The topological polar surface area (TPSA) is 98.2 Å². The minimum absolute atomic E-state index is 0.0889. The average molecular weight is 328 g/mol. The predicted molar refractivity (Wildman–Crippen MR) is 76.0 cm³/mol. The Balaban J connectivity index is 2.32. The highest BCUT2D eigenvalue weighted by molar-refractivity contribution is 8.13. The minimum Gasteiger partial charge on any atom is -0.495 e. The van der Waals surface area contributed by atoms with Crippen molar-refractivity contribution < 1.29 is 17.9 Å². The van der Waals surface area contributed by atoms with Gasteiger partial charge >= 0.3 is 0 Å². The lowest BCUT2D eigenvalue weighted by Gasteiger charge is -2.09. The number of methoxy groups -OCH3 is 1. The van der Waals surface area contributed by atoms with Crippen molar-refractivity contribution in [2.75, 3.05) is 12.4 Å². The van der Waals surface area contributed by atoms with E-state index in [-0.39, 0.29) is 21.9 Å². The molecule has 0 fully saturated rings. The Morgan fingerprint density at radius 2 is 1.95 bits per heavy atom. The Morgan fingerprint density at radius 1 is 1.29 bits per heavy atom. The fourth-order valence-electron chi connectivity index (χ4n) is 1.56. The fourth-order valence-corrected chi connectivity index (χ4v) is 2.59. The van der Waals surface area contributed by atoms with Gasteiger partial charge in [-0.25, -0.2) is 18.4 Å². The Bertz CT molecular complexity index is 765. The van der Waals surface area contributed by atoms with Gasteiger partial charge in [-0.15, -0.1) is 0 Å². The van der Waals surface area contributed by atoms with E-state index in [4.69, 9.17) is 15.4 Å². The molecule has 0 aliphatic rings. The highest BCUT2D eigenvalue weighted by Crippen LogP contribution is 2.29. The minimum atomic E-state index is -4.00. The van der Waals surface area contributed by atoms with Gasteiger partial charge in [-0.1, -0.05) is 0 Å². The first kappa shape index (κ1) is 15.2. The SMILES string of the molecule is COc1ccc(NC(=O)c2cncnc2)cc1S(=O)(=O)Cl. The number of hydrogen-bond acceptors (Lipinski definition) is 6. The standard InChI is InChI=1S/C12H10ClN3O4S/c1-20-10-3-2-9(4-11(10)21(13,18)19)16-12(17)8-5-14-7-15-6-8/h2-7H,1H3,(H,16,17). The molecule has 0 saturated carbocycles. The van der Waals surface area contributed by atoms with Crippen LogP contribution in [0.15, 0.2) is 41.8 Å². The molecule has 1 N–H and O–H groups in total. The third kappa shape index (κ3) is 3.67. The normalized spacial score (nSPS) is 11.0. The highest BCUT2D eigenvalue weighted by atomic mass is 35.7. The van der Waals surface area contributed by atoms with Gasteiger partial charge in [-0.2, -0.15) is 0 Å². The van der Waals surface area contributed by atoms with E-state index < -0.39 is 15.0 Å². The number of ether oxygens (including phenoxy) is 1. The van der Waals surface area contributed by atoms with Crippen LogP contribution in [0.2, 0.25) is 0 Å². The van der Waals surface area contributed by atoms with Crippen molar-refractivity contribution in [3.63, 3.8) is 0 Å². The second kappa shape index (κ2) is 6.06. The molecule has 0 aliphatic carbocycles. The summed E-state index contributed by atoms with van der Waals surface area (Å²) in [6, 6.07) is 4.10. The zero-order valence-corrected chi connectivity index (χ0v) is 12.4. The van der Waals surface area contributed by atoms with Crippen LogP contribution in [0.3, 0.4) is 0 Å². The van der Waals surface area contributed by atoms with E-state index in [1.54, 1.807) is 0 Å². The molecule has 0 saturated heterocycles. The number of amides is 1. The number of rotatable bonds is 4. The zero-order chi connectivity index (χ0) is 15.5. The van der Waals surface area contributed by atoms with Gasteiger partial charge in [0, 0.05) is 28.8 Å². The van der Waals surface area contributed by atoms with Crippen LogP contribution in [0.1, 0.15) is 10.4 Å². The Hall–Kier alpha value is -2.19. The van der Waals surface area contributed by atoms with E-state index in [0.29, 0.717) is 0 Å². The lowest BCUT2D eigenvalue weighted by molar-refractivity contribution is 0.102. The second-order valence-corrected chi connectivity index (χ2v) is 6.42. The third-order valence-electron chi connectivity index (χ3n) is 2.51. The van der Waals surface area contributed by atoms with Crippen LogP contribution in [-0.2, 0) is 9.05 Å². The van der Waals surface area contributed by atoms with Crippen LogP contribution in [0.5, 0.6) is 5.75 Å². The lowest BCUT2D eigenvalue weighted by atomic mass is 10.2. The Labute approximate surface area is 125 Å². The van der Waals surface area contributed by atoms with Crippen LogP contribution < -0.4 is 10.1 Å². The van der Waals surface area contributed by atoms with Gasteiger partial charge in [0.25, 0.3) is 15.0 Å². The molecule has 0 radical (unpaired) electrons. The maximum absolute atomic E-state index is 11.9. The number of hydrogen-bond donors (Lipinski definition) is 1. The molecule has 2 aromatic rings. The first-order valence-corrected chi connectivity index (χ1v) is 7.92. The first-order chi connectivity index (χ1) is 9.91. The van der Waals surface area contributed by atoms with Crippen molar-refractivity contribution in [3.05, 3.63) is 42.5 Å². The fraction of sp³-hybridized carbons (Fsp3) is 0.0833. The monoisotopic (exact) mass is 327 g/mol. The molecule has 0 unspecified atom stereocenters. The maximum atomic E-state index is 11.9. The van der Waals surface area contributed by atoms with Gasteiger partial charge in [0.1, 0.15) is 17.0 Å². The second-order valence-electron chi connectivity index (χ2n) is 3.88. The molecule has 0 spiro atoms. The van der Waals surface area contributed by atoms with Crippen molar-refractivity contribution in [1.29, 1.82) is 0 Å². The Morgan fingerprint density at radius 3 is 2.52 bits per heavy atom. The van der Waals surface area contributed by atoms with E-state index >= 15 is 0 Å². The predicted octanol–water partition coefficient (Wildman–Crippen LogP) is 1.66. The van der Waals surface area contributed by atoms with Gasteiger partial charge in [0.05, 0.1) is 12.7 Å². The quantitative estimate of drug-likeness (QED) is 0.858. The summed E-state index contributed by atoms with van der Waals surface area (Å²) in [6.07, 6.45) is 3.97. The zero-order valence-electron chi connectivity index (χ0n) is 10.8. The summed E-state index contributed by atoms with van der Waals surface area (Å²) in [4.78, 5) is 19.1. The molecule has 1 aromatic carbocycles. The van der Waals surface area contributed by atoms with Crippen LogP contribution in [0, 0.1) is 0 Å². The molecule has 1 amide bonds. The van der Waals surface area contributed by atoms with Gasteiger partial charge in [-0.05, 0) is 18.2 Å². The van der Waals surface area contributed by atoms with Crippen molar-refractivity contribution in [1.82, 2.24) is 9.97 Å². The van der Waals surface area contributed by atoms with Crippen LogP contribution in [0.25, 0.3) is 0 Å². The molecule has 1 aromatic heterocycles.